The molecule has 3 amide bonds. The molecule has 0 saturated carbocycles. The third-order valence-electron chi connectivity index (χ3n) is 3.94. The highest BCUT2D eigenvalue weighted by Gasteiger charge is 2.16. The zero-order valence-electron chi connectivity index (χ0n) is 15.8. The summed E-state index contributed by atoms with van der Waals surface area (Å²) in [5.74, 6) is -1.50. The third-order valence-corrected chi connectivity index (χ3v) is 3.94. The zero-order valence-corrected chi connectivity index (χ0v) is 15.8. The lowest BCUT2D eigenvalue weighted by atomic mass is 10.2. The highest BCUT2D eigenvalue weighted by atomic mass is 19.1. The molecule has 0 radical (unpaired) electrons. The predicted molar refractivity (Wildman–Crippen MR) is 105 cm³/mol. The van der Waals surface area contributed by atoms with Gasteiger partial charge in [0.05, 0.1) is 6.26 Å². The van der Waals surface area contributed by atoms with Crippen LogP contribution in [0.25, 0.3) is 0 Å². The van der Waals surface area contributed by atoms with E-state index >= 15 is 0 Å². The van der Waals surface area contributed by atoms with Crippen molar-refractivity contribution in [3.63, 3.8) is 0 Å². The average molecular weight is 411 g/mol. The largest absolute Gasteiger partial charge is 0.481 e. The van der Waals surface area contributed by atoms with Crippen LogP contribution in [0.5, 0.6) is 5.75 Å². The van der Waals surface area contributed by atoms with Gasteiger partial charge in [-0.1, -0.05) is 0 Å². The number of hydrogen-bond donors (Lipinski definition) is 3. The molecular formula is C21H18FN3O5. The minimum Gasteiger partial charge on any atom is -0.481 e. The smallest absolute Gasteiger partial charge is 0.291 e. The van der Waals surface area contributed by atoms with Gasteiger partial charge in [0.15, 0.2) is 11.9 Å². The van der Waals surface area contributed by atoms with Gasteiger partial charge in [0.25, 0.3) is 17.7 Å². The summed E-state index contributed by atoms with van der Waals surface area (Å²) >= 11 is 0. The minimum atomic E-state index is -0.921. The number of halogens is 1. The Balaban J connectivity index is 1.48. The van der Waals surface area contributed by atoms with E-state index in [4.69, 9.17) is 9.15 Å². The maximum Gasteiger partial charge on any atom is 0.291 e. The van der Waals surface area contributed by atoms with Crippen molar-refractivity contribution >= 4 is 23.4 Å². The predicted octanol–water partition coefficient (Wildman–Crippen LogP) is 2.90. The van der Waals surface area contributed by atoms with Gasteiger partial charge in [0.1, 0.15) is 11.6 Å². The fraction of sp³-hybridized carbons (Fsp3) is 0.0952. The van der Waals surface area contributed by atoms with Crippen LogP contribution in [0.1, 0.15) is 27.8 Å². The van der Waals surface area contributed by atoms with Gasteiger partial charge >= 0.3 is 0 Å². The molecule has 154 valence electrons. The number of nitrogens with one attached hydrogen (secondary N) is 3. The summed E-state index contributed by atoms with van der Waals surface area (Å²) in [5.41, 5.74) is 5.27. The van der Waals surface area contributed by atoms with E-state index in [9.17, 15) is 18.8 Å². The Kier molecular flexibility index (Phi) is 6.43. The molecule has 0 saturated heterocycles. The fourth-order valence-electron chi connectivity index (χ4n) is 2.37. The van der Waals surface area contributed by atoms with Crippen LogP contribution in [-0.2, 0) is 4.79 Å². The Morgan fingerprint density at radius 2 is 1.63 bits per heavy atom. The summed E-state index contributed by atoms with van der Waals surface area (Å²) in [6, 6.07) is 14.4. The number of hydrazine groups is 1. The first kappa shape index (κ1) is 20.6. The molecule has 3 rings (SSSR count). The molecule has 1 heterocycles. The van der Waals surface area contributed by atoms with Gasteiger partial charge in [-0.05, 0) is 67.6 Å². The van der Waals surface area contributed by atoms with Crippen LogP contribution in [0.2, 0.25) is 0 Å². The molecule has 0 aliphatic carbocycles. The molecule has 1 atom stereocenters. The fourth-order valence-corrected chi connectivity index (χ4v) is 2.37. The van der Waals surface area contributed by atoms with Crippen molar-refractivity contribution < 1.29 is 27.9 Å². The highest BCUT2D eigenvalue weighted by molar-refractivity contribution is 6.02. The zero-order chi connectivity index (χ0) is 21.5. The lowest BCUT2D eigenvalue weighted by Gasteiger charge is -2.15. The molecular weight excluding hydrogens is 393 g/mol. The van der Waals surface area contributed by atoms with Gasteiger partial charge in [-0.15, -0.1) is 0 Å². The number of anilines is 1. The van der Waals surface area contributed by atoms with Crippen LogP contribution in [0.15, 0.2) is 71.3 Å². The molecule has 2 aromatic carbocycles. The number of benzene rings is 2. The Hall–Kier alpha value is -4.14. The summed E-state index contributed by atoms with van der Waals surface area (Å²) in [6.07, 6.45) is 0.470. The van der Waals surface area contributed by atoms with E-state index in [2.05, 4.69) is 16.2 Å². The second kappa shape index (κ2) is 9.37. The number of ether oxygens (including phenoxy) is 1. The van der Waals surface area contributed by atoms with Crippen molar-refractivity contribution in [3.05, 3.63) is 84.1 Å². The molecule has 0 bridgehead atoms. The van der Waals surface area contributed by atoms with Crippen LogP contribution < -0.4 is 20.9 Å². The maximum atomic E-state index is 12.9. The highest BCUT2D eigenvalue weighted by Crippen LogP contribution is 2.13. The van der Waals surface area contributed by atoms with Gasteiger partial charge in [-0.3, -0.25) is 25.2 Å². The monoisotopic (exact) mass is 411 g/mol. The number of furan rings is 1. The second-order valence-corrected chi connectivity index (χ2v) is 6.17. The first-order valence-electron chi connectivity index (χ1n) is 8.90. The van der Waals surface area contributed by atoms with E-state index in [0.29, 0.717) is 11.4 Å². The average Bonchev–Trinajstić information content (AvgIpc) is 3.29. The molecule has 0 unspecified atom stereocenters. The molecule has 0 aliphatic heterocycles. The Morgan fingerprint density at radius 3 is 2.27 bits per heavy atom. The van der Waals surface area contributed by atoms with Gasteiger partial charge in [-0.25, -0.2) is 4.39 Å². The van der Waals surface area contributed by atoms with Crippen LogP contribution >= 0.6 is 0 Å². The van der Waals surface area contributed by atoms with Crippen molar-refractivity contribution in [2.45, 2.75) is 13.0 Å². The van der Waals surface area contributed by atoms with Gasteiger partial charge < -0.3 is 14.5 Å². The lowest BCUT2D eigenvalue weighted by molar-refractivity contribution is -0.128. The van der Waals surface area contributed by atoms with Crippen molar-refractivity contribution in [2.75, 3.05) is 5.32 Å². The van der Waals surface area contributed by atoms with Crippen LogP contribution in [0, 0.1) is 5.82 Å². The van der Waals surface area contributed by atoms with Crippen molar-refractivity contribution in [3.8, 4) is 5.75 Å². The Morgan fingerprint density at radius 1 is 0.933 bits per heavy atom. The number of carbonyl (C=O) groups is 3. The number of rotatable bonds is 6. The molecule has 1 aromatic heterocycles. The molecule has 3 aromatic rings. The molecule has 8 nitrogen and oxygen atoms in total. The summed E-state index contributed by atoms with van der Waals surface area (Å²) < 4.78 is 23.3. The number of hydrogen-bond acceptors (Lipinski definition) is 5. The number of carbonyl (C=O) groups excluding carboxylic acids is 3. The molecule has 0 spiro atoms. The van der Waals surface area contributed by atoms with Gasteiger partial charge in [-0.2, -0.15) is 0 Å². The van der Waals surface area contributed by atoms with E-state index in [1.54, 1.807) is 6.07 Å². The quantitative estimate of drug-likeness (QED) is 0.541. The van der Waals surface area contributed by atoms with E-state index < -0.39 is 29.6 Å². The second-order valence-electron chi connectivity index (χ2n) is 6.17. The van der Waals surface area contributed by atoms with Gasteiger partial charge in [0.2, 0.25) is 0 Å². The summed E-state index contributed by atoms with van der Waals surface area (Å²) in [5, 5.41) is 2.63. The Labute approximate surface area is 171 Å². The standard InChI is InChI=1S/C21H18FN3O5/c1-13(30-17-10-6-15(22)7-11-17)19(26)24-25-20(27)14-4-8-16(9-5-14)23-21(28)18-3-2-12-29-18/h2-13H,1H3,(H,23,28)(H,24,26)(H,25,27)/t13-/m0/s1. The van der Waals surface area contributed by atoms with E-state index in [1.807, 2.05) is 0 Å². The van der Waals surface area contributed by atoms with Crippen molar-refractivity contribution in [1.29, 1.82) is 0 Å². The maximum absolute atomic E-state index is 12.9. The molecule has 30 heavy (non-hydrogen) atoms. The first-order valence-corrected chi connectivity index (χ1v) is 8.90. The Bertz CT molecular complexity index is 1020. The lowest BCUT2D eigenvalue weighted by Crippen LogP contribution is -2.47. The van der Waals surface area contributed by atoms with Gasteiger partial charge in [0, 0.05) is 11.3 Å². The topological polar surface area (TPSA) is 110 Å². The normalized spacial score (nSPS) is 11.3. The number of amides is 3. The summed E-state index contributed by atoms with van der Waals surface area (Å²) in [7, 11) is 0. The van der Waals surface area contributed by atoms with Crippen LogP contribution in [0.4, 0.5) is 10.1 Å². The summed E-state index contributed by atoms with van der Waals surface area (Å²) in [4.78, 5) is 36.2. The SMILES string of the molecule is C[C@H](Oc1ccc(F)cc1)C(=O)NNC(=O)c1ccc(NC(=O)c2ccco2)cc1. The van der Waals surface area contributed by atoms with E-state index in [1.165, 1.54) is 67.8 Å². The van der Waals surface area contributed by atoms with Crippen LogP contribution in [0.3, 0.4) is 0 Å². The molecule has 0 fully saturated rings. The third kappa shape index (κ3) is 5.44. The molecule has 0 aliphatic rings. The first-order chi connectivity index (χ1) is 14.4. The van der Waals surface area contributed by atoms with Crippen LogP contribution in [-0.4, -0.2) is 23.8 Å². The van der Waals surface area contributed by atoms with Crippen molar-refractivity contribution in [2.24, 2.45) is 0 Å². The molecule has 9 heteroatoms. The van der Waals surface area contributed by atoms with E-state index in [-0.39, 0.29) is 11.3 Å². The van der Waals surface area contributed by atoms with Crippen molar-refractivity contribution in [1.82, 2.24) is 10.9 Å². The minimum absolute atomic E-state index is 0.163. The summed E-state index contributed by atoms with van der Waals surface area (Å²) in [6.45, 7) is 1.49. The molecule has 3 N–H and O–H groups in total. The van der Waals surface area contributed by atoms with E-state index in [0.717, 1.165) is 0 Å².